The molecule has 0 bridgehead atoms. The number of hydrogen-bond donors (Lipinski definition) is 0. The Hall–Kier alpha value is -7.43. The van der Waals surface area contributed by atoms with Gasteiger partial charge in [0, 0.05) is 34.2 Å². The first-order valence-corrected chi connectivity index (χ1v) is 19.4. The van der Waals surface area contributed by atoms with E-state index in [1.807, 2.05) is 36.5 Å². The Morgan fingerprint density at radius 1 is 0.491 bits per heavy atom. The Labute approximate surface area is 330 Å². The number of pyridine rings is 1. The topological polar surface area (TPSA) is 51.8 Å². The van der Waals surface area contributed by atoms with E-state index in [2.05, 4.69) is 158 Å². The zero-order chi connectivity index (χ0) is 37.7. The van der Waals surface area contributed by atoms with Crippen molar-refractivity contribution in [2.75, 3.05) is 0 Å². The smallest absolute Gasteiger partial charge is 0.161 e. The van der Waals surface area contributed by atoms with Crippen molar-refractivity contribution in [3.05, 3.63) is 211 Å². The minimum atomic E-state index is -0.135. The molecule has 0 saturated carbocycles. The molecule has 3 aromatic heterocycles. The first kappa shape index (κ1) is 33.0. The van der Waals surface area contributed by atoms with Crippen LogP contribution in [0.1, 0.15) is 29.3 Å². The number of fused-ring (bicyclic) bond motifs is 6. The van der Waals surface area contributed by atoms with E-state index in [0.717, 1.165) is 68.0 Å². The summed E-state index contributed by atoms with van der Waals surface area (Å²) in [5, 5.41) is 5.94. The molecule has 57 heavy (non-hydrogen) atoms. The van der Waals surface area contributed by atoms with Gasteiger partial charge in [0.25, 0.3) is 0 Å². The molecule has 1 aliphatic carbocycles. The number of hydrogen-bond acceptors (Lipinski definition) is 4. The number of benzene rings is 7. The van der Waals surface area contributed by atoms with Crippen LogP contribution in [0.5, 0.6) is 0 Å². The van der Waals surface area contributed by atoms with Crippen LogP contribution in [-0.4, -0.2) is 15.0 Å². The molecule has 268 valence electrons. The van der Waals surface area contributed by atoms with Crippen LogP contribution in [0.15, 0.2) is 199 Å². The molecule has 11 rings (SSSR count). The van der Waals surface area contributed by atoms with Gasteiger partial charge in [0.15, 0.2) is 5.58 Å². The Balaban J connectivity index is 1.12. The summed E-state index contributed by atoms with van der Waals surface area (Å²) in [4.78, 5) is 15.6. The monoisotopic (exact) mass is 729 g/mol. The third kappa shape index (κ3) is 5.90. The largest absolute Gasteiger partial charge is 0.454 e. The summed E-state index contributed by atoms with van der Waals surface area (Å²) in [6, 6.07) is 61.7. The van der Waals surface area contributed by atoms with Gasteiger partial charge in [-0.25, -0.2) is 9.97 Å². The average molecular weight is 730 g/mol. The molecule has 0 radical (unpaired) electrons. The summed E-state index contributed by atoms with van der Waals surface area (Å²) in [7, 11) is 0. The predicted molar refractivity (Wildman–Crippen MR) is 235 cm³/mol. The van der Waals surface area contributed by atoms with Crippen molar-refractivity contribution in [1.82, 2.24) is 15.0 Å². The van der Waals surface area contributed by atoms with Crippen molar-refractivity contribution in [2.24, 2.45) is 0 Å². The molecular weight excluding hydrogens is 695 g/mol. The van der Waals surface area contributed by atoms with E-state index in [1.165, 1.54) is 43.8 Å². The molecule has 1 unspecified atom stereocenters. The van der Waals surface area contributed by atoms with Crippen LogP contribution in [0.2, 0.25) is 0 Å². The summed E-state index contributed by atoms with van der Waals surface area (Å²) in [5.74, 6) is 0.644. The summed E-state index contributed by atoms with van der Waals surface area (Å²) < 4.78 is 6.58. The third-order valence-corrected chi connectivity index (χ3v) is 11.3. The molecule has 10 aromatic rings. The lowest BCUT2D eigenvalue weighted by Crippen LogP contribution is -2.09. The molecule has 4 heteroatoms. The van der Waals surface area contributed by atoms with E-state index < -0.39 is 0 Å². The van der Waals surface area contributed by atoms with Gasteiger partial charge in [-0.3, -0.25) is 4.98 Å². The fraction of sp³-hybridized carbons (Fsp3) is 0.0377. The van der Waals surface area contributed by atoms with E-state index >= 15 is 0 Å². The molecule has 0 N–H and O–H groups in total. The number of allylic oxidation sites excluding steroid dienone is 4. The highest BCUT2D eigenvalue weighted by atomic mass is 16.3. The molecule has 1 aliphatic rings. The van der Waals surface area contributed by atoms with Crippen LogP contribution >= 0.6 is 0 Å². The van der Waals surface area contributed by atoms with Gasteiger partial charge in [-0.15, -0.1) is 0 Å². The lowest BCUT2D eigenvalue weighted by molar-refractivity contribution is 0.666. The van der Waals surface area contributed by atoms with Crippen molar-refractivity contribution >= 4 is 54.8 Å². The molecule has 3 heterocycles. The lowest BCUT2D eigenvalue weighted by atomic mass is 9.82. The Bertz CT molecular complexity index is 3200. The van der Waals surface area contributed by atoms with Crippen molar-refractivity contribution < 1.29 is 4.42 Å². The van der Waals surface area contributed by atoms with E-state index in [-0.39, 0.29) is 5.92 Å². The van der Waals surface area contributed by atoms with Gasteiger partial charge in [0.1, 0.15) is 16.9 Å². The van der Waals surface area contributed by atoms with Crippen molar-refractivity contribution in [3.8, 4) is 33.6 Å². The molecule has 7 aromatic carbocycles. The highest BCUT2D eigenvalue weighted by Crippen LogP contribution is 2.44. The molecule has 0 spiro atoms. The average Bonchev–Trinajstić information content (AvgIpc) is 3.68. The summed E-state index contributed by atoms with van der Waals surface area (Å²) in [6.45, 7) is 0. The quantitative estimate of drug-likeness (QED) is 0.160. The van der Waals surface area contributed by atoms with E-state index in [4.69, 9.17) is 19.4 Å². The molecule has 4 nitrogen and oxygen atoms in total. The predicted octanol–water partition coefficient (Wildman–Crippen LogP) is 13.7. The van der Waals surface area contributed by atoms with Gasteiger partial charge in [-0.1, -0.05) is 158 Å². The minimum absolute atomic E-state index is 0.135. The van der Waals surface area contributed by atoms with Crippen LogP contribution in [-0.2, 0) is 0 Å². The fourth-order valence-electron chi connectivity index (χ4n) is 8.48. The lowest BCUT2D eigenvalue weighted by Gasteiger charge is -2.24. The standard InChI is InChI=1S/C53H35N3O/c1-3-13-34(14-4-1)35-23-25-37(26-24-35)49-33-48(36-15-5-2-6-16-36)55-53(56-49)41-30-39(43-27-28-54-51-46-21-11-12-22-50(46)57-52(43)51)29-40(31-41)47-32-38-17-7-8-18-42(38)44-19-9-10-20-45(44)47/h1-30,32-33,41H,31H2. The highest BCUT2D eigenvalue weighted by molar-refractivity contribution is 6.13. The first-order valence-electron chi connectivity index (χ1n) is 19.4. The summed E-state index contributed by atoms with van der Waals surface area (Å²) in [5.41, 5.74) is 13.2. The summed E-state index contributed by atoms with van der Waals surface area (Å²) >= 11 is 0. The zero-order valence-electron chi connectivity index (χ0n) is 31.0. The van der Waals surface area contributed by atoms with Gasteiger partial charge in [0.2, 0.25) is 0 Å². The molecule has 0 aliphatic heterocycles. The van der Waals surface area contributed by atoms with E-state index in [9.17, 15) is 0 Å². The Morgan fingerprint density at radius 2 is 1.09 bits per heavy atom. The maximum absolute atomic E-state index is 6.58. The van der Waals surface area contributed by atoms with Crippen LogP contribution in [0.3, 0.4) is 0 Å². The summed E-state index contributed by atoms with van der Waals surface area (Å²) in [6.07, 6.45) is 7.30. The molecule has 0 amide bonds. The maximum atomic E-state index is 6.58. The van der Waals surface area contributed by atoms with Crippen molar-refractivity contribution in [3.63, 3.8) is 0 Å². The van der Waals surface area contributed by atoms with Gasteiger partial charge in [-0.05, 0) is 86.1 Å². The second-order valence-electron chi connectivity index (χ2n) is 14.7. The minimum Gasteiger partial charge on any atom is -0.454 e. The second kappa shape index (κ2) is 13.7. The molecule has 0 saturated heterocycles. The molecule has 1 atom stereocenters. The SMILES string of the molecule is C1=C(c2cc3ccccc3c3ccccc23)CC(c2nc(-c3ccccc3)cc(-c3ccc(-c4ccccc4)cc3)n2)C=C1c1ccnc2c1oc1ccccc12. The Morgan fingerprint density at radius 3 is 1.86 bits per heavy atom. The van der Waals surface area contributed by atoms with Crippen molar-refractivity contribution in [1.29, 1.82) is 0 Å². The van der Waals surface area contributed by atoms with Gasteiger partial charge < -0.3 is 4.42 Å². The third-order valence-electron chi connectivity index (χ3n) is 11.3. The van der Waals surface area contributed by atoms with Crippen LogP contribution < -0.4 is 0 Å². The van der Waals surface area contributed by atoms with Crippen LogP contribution in [0.4, 0.5) is 0 Å². The molecular formula is C53H35N3O. The number of aromatic nitrogens is 3. The van der Waals surface area contributed by atoms with Crippen LogP contribution in [0, 0.1) is 0 Å². The highest BCUT2D eigenvalue weighted by Gasteiger charge is 2.26. The first-order chi connectivity index (χ1) is 28.2. The van der Waals surface area contributed by atoms with Gasteiger partial charge >= 0.3 is 0 Å². The normalized spacial score (nSPS) is 14.3. The Kier molecular flexibility index (Phi) is 7.92. The van der Waals surface area contributed by atoms with Crippen molar-refractivity contribution in [2.45, 2.75) is 12.3 Å². The number of para-hydroxylation sites is 1. The number of rotatable bonds is 6. The number of furan rings is 1. The van der Waals surface area contributed by atoms with Crippen LogP contribution in [0.25, 0.3) is 88.4 Å². The van der Waals surface area contributed by atoms with Gasteiger partial charge in [-0.2, -0.15) is 0 Å². The molecule has 0 fully saturated rings. The van der Waals surface area contributed by atoms with E-state index in [0.29, 0.717) is 0 Å². The number of nitrogens with zero attached hydrogens (tertiary/aromatic N) is 3. The van der Waals surface area contributed by atoms with Gasteiger partial charge in [0.05, 0.1) is 11.4 Å². The zero-order valence-corrected chi connectivity index (χ0v) is 31.0. The maximum Gasteiger partial charge on any atom is 0.161 e. The van der Waals surface area contributed by atoms with E-state index in [1.54, 1.807) is 0 Å². The second-order valence-corrected chi connectivity index (χ2v) is 14.7. The fourth-order valence-corrected chi connectivity index (χ4v) is 8.48.